The van der Waals surface area contributed by atoms with Crippen molar-refractivity contribution in [3.8, 4) is 11.5 Å². The molecule has 0 saturated heterocycles. The average Bonchev–Trinajstić information content (AvgIpc) is 3.10. The van der Waals surface area contributed by atoms with E-state index in [1.165, 1.54) is 0 Å². The lowest BCUT2D eigenvalue weighted by atomic mass is 10.1. The minimum absolute atomic E-state index is 0.0939. The fourth-order valence-electron chi connectivity index (χ4n) is 3.52. The van der Waals surface area contributed by atoms with Crippen LogP contribution in [0.4, 0.5) is 5.69 Å². The van der Waals surface area contributed by atoms with E-state index >= 15 is 0 Å². The SMILES string of the molecule is COc1ccc(/C=C2\C=C(c3ccc(Cl)cc3)N(c3ccc(C)cc3)C2=O)cc1OC. The lowest BCUT2D eigenvalue weighted by molar-refractivity contribution is -0.113. The number of aryl methyl sites for hydroxylation is 1. The van der Waals surface area contributed by atoms with E-state index in [9.17, 15) is 4.79 Å². The third-order valence-electron chi connectivity index (χ3n) is 5.15. The van der Waals surface area contributed by atoms with Gasteiger partial charge in [-0.2, -0.15) is 0 Å². The van der Waals surface area contributed by atoms with Gasteiger partial charge in [0.05, 0.1) is 19.9 Å². The van der Waals surface area contributed by atoms with Crippen molar-refractivity contribution in [3.63, 3.8) is 0 Å². The molecule has 0 saturated carbocycles. The van der Waals surface area contributed by atoms with E-state index in [0.717, 1.165) is 28.1 Å². The highest BCUT2D eigenvalue weighted by molar-refractivity contribution is 6.30. The van der Waals surface area contributed by atoms with Gasteiger partial charge < -0.3 is 9.47 Å². The lowest BCUT2D eigenvalue weighted by Gasteiger charge is -2.21. The van der Waals surface area contributed by atoms with Crippen LogP contribution in [0.2, 0.25) is 5.02 Å². The first-order valence-electron chi connectivity index (χ1n) is 9.82. The molecule has 5 heteroatoms. The number of nitrogens with zero attached hydrogens (tertiary/aromatic N) is 1. The largest absolute Gasteiger partial charge is 0.493 e. The number of anilines is 1. The molecule has 1 amide bonds. The lowest BCUT2D eigenvalue weighted by Crippen LogP contribution is -2.24. The second-order valence-corrected chi connectivity index (χ2v) is 7.66. The summed E-state index contributed by atoms with van der Waals surface area (Å²) in [4.78, 5) is 15.2. The summed E-state index contributed by atoms with van der Waals surface area (Å²) in [5, 5.41) is 0.650. The van der Waals surface area contributed by atoms with E-state index in [0.29, 0.717) is 22.1 Å². The highest BCUT2D eigenvalue weighted by Gasteiger charge is 2.30. The van der Waals surface area contributed by atoms with E-state index in [2.05, 4.69) is 0 Å². The number of hydrogen-bond acceptors (Lipinski definition) is 3. The summed E-state index contributed by atoms with van der Waals surface area (Å²) < 4.78 is 10.7. The van der Waals surface area contributed by atoms with Crippen LogP contribution >= 0.6 is 11.6 Å². The smallest absolute Gasteiger partial charge is 0.262 e. The van der Waals surface area contributed by atoms with Crippen molar-refractivity contribution in [1.29, 1.82) is 0 Å². The number of ether oxygens (including phenoxy) is 2. The number of carbonyl (C=O) groups excluding carboxylic acids is 1. The van der Waals surface area contributed by atoms with Crippen LogP contribution in [-0.2, 0) is 4.79 Å². The normalized spacial score (nSPS) is 14.7. The van der Waals surface area contributed by atoms with Gasteiger partial charge in [-0.3, -0.25) is 9.69 Å². The molecule has 4 nitrogen and oxygen atoms in total. The van der Waals surface area contributed by atoms with Crippen molar-refractivity contribution in [3.05, 3.63) is 100 Å². The summed E-state index contributed by atoms with van der Waals surface area (Å²) in [6, 6.07) is 21.0. The molecule has 0 unspecified atom stereocenters. The molecule has 0 spiro atoms. The molecule has 31 heavy (non-hydrogen) atoms. The van der Waals surface area contributed by atoms with Crippen molar-refractivity contribution >= 4 is 35.0 Å². The second kappa shape index (κ2) is 8.70. The van der Waals surface area contributed by atoms with Crippen LogP contribution in [0.15, 0.2) is 78.4 Å². The molecule has 3 aromatic carbocycles. The van der Waals surface area contributed by atoms with Crippen LogP contribution in [0.25, 0.3) is 11.8 Å². The Morgan fingerprint density at radius 2 is 1.55 bits per heavy atom. The number of halogens is 1. The van der Waals surface area contributed by atoms with Gasteiger partial charge in [0.2, 0.25) is 0 Å². The van der Waals surface area contributed by atoms with Gasteiger partial charge in [0.1, 0.15) is 0 Å². The maximum atomic E-state index is 13.4. The first-order valence-corrected chi connectivity index (χ1v) is 10.2. The number of methoxy groups -OCH3 is 2. The summed E-state index contributed by atoms with van der Waals surface area (Å²) in [5.74, 6) is 1.16. The quantitative estimate of drug-likeness (QED) is 0.455. The topological polar surface area (TPSA) is 38.8 Å². The summed E-state index contributed by atoms with van der Waals surface area (Å²) in [6.07, 6.45) is 3.76. The molecule has 1 aliphatic rings. The second-order valence-electron chi connectivity index (χ2n) is 7.23. The molecule has 1 heterocycles. The average molecular weight is 432 g/mol. The molecule has 0 fully saturated rings. The number of rotatable bonds is 5. The Bertz CT molecular complexity index is 1180. The number of benzene rings is 3. The van der Waals surface area contributed by atoms with E-state index < -0.39 is 0 Å². The molecular formula is C26H22ClNO3. The number of carbonyl (C=O) groups is 1. The van der Waals surface area contributed by atoms with Crippen molar-refractivity contribution in [2.24, 2.45) is 0 Å². The predicted octanol–water partition coefficient (Wildman–Crippen LogP) is 6.14. The van der Waals surface area contributed by atoms with Gasteiger partial charge in [0.15, 0.2) is 11.5 Å². The summed E-state index contributed by atoms with van der Waals surface area (Å²) in [6.45, 7) is 2.02. The third kappa shape index (κ3) is 4.21. The summed E-state index contributed by atoms with van der Waals surface area (Å²) >= 11 is 6.07. The zero-order valence-corrected chi connectivity index (χ0v) is 18.3. The van der Waals surface area contributed by atoms with Crippen LogP contribution in [0.5, 0.6) is 11.5 Å². The fourth-order valence-corrected chi connectivity index (χ4v) is 3.65. The van der Waals surface area contributed by atoms with Gasteiger partial charge in [0, 0.05) is 16.3 Å². The van der Waals surface area contributed by atoms with Crippen molar-refractivity contribution in [2.75, 3.05) is 19.1 Å². The molecule has 0 aromatic heterocycles. The highest BCUT2D eigenvalue weighted by atomic mass is 35.5. The Hall–Kier alpha value is -3.50. The molecule has 0 radical (unpaired) electrons. The minimum atomic E-state index is -0.0939. The van der Waals surface area contributed by atoms with Crippen LogP contribution in [-0.4, -0.2) is 20.1 Å². The van der Waals surface area contributed by atoms with Crippen LogP contribution in [0.1, 0.15) is 16.7 Å². The first-order chi connectivity index (χ1) is 15.0. The van der Waals surface area contributed by atoms with Crippen LogP contribution < -0.4 is 14.4 Å². The Kier molecular flexibility index (Phi) is 5.83. The standard InChI is InChI=1S/C26H22ClNO3/c1-17-4-11-22(12-5-17)28-23(19-7-9-21(27)10-8-19)16-20(26(28)29)14-18-6-13-24(30-2)25(15-18)31-3/h4-16H,1-3H3/b20-14+. The molecule has 0 atom stereocenters. The number of hydrogen-bond donors (Lipinski definition) is 0. The Labute approximate surface area is 187 Å². The van der Waals surface area contributed by atoms with Gasteiger partial charge in [-0.15, -0.1) is 0 Å². The van der Waals surface area contributed by atoms with Crippen molar-refractivity contribution in [2.45, 2.75) is 6.92 Å². The predicted molar refractivity (Wildman–Crippen MR) is 126 cm³/mol. The van der Waals surface area contributed by atoms with Gasteiger partial charge in [0.25, 0.3) is 5.91 Å². The third-order valence-corrected chi connectivity index (χ3v) is 5.40. The van der Waals surface area contributed by atoms with Gasteiger partial charge in [-0.05, 0) is 66.6 Å². The molecule has 156 valence electrons. The maximum Gasteiger partial charge on any atom is 0.262 e. The molecule has 1 aliphatic heterocycles. The van der Waals surface area contributed by atoms with E-state index in [4.69, 9.17) is 21.1 Å². The molecule has 4 rings (SSSR count). The Morgan fingerprint density at radius 3 is 2.19 bits per heavy atom. The molecule has 0 bridgehead atoms. The van der Waals surface area contributed by atoms with Gasteiger partial charge >= 0.3 is 0 Å². The number of amides is 1. The van der Waals surface area contributed by atoms with Crippen LogP contribution in [0.3, 0.4) is 0 Å². The zero-order chi connectivity index (χ0) is 22.0. The maximum absolute atomic E-state index is 13.4. The Balaban J connectivity index is 1.80. The molecule has 0 aliphatic carbocycles. The van der Waals surface area contributed by atoms with Gasteiger partial charge in [-0.1, -0.05) is 47.5 Å². The van der Waals surface area contributed by atoms with E-state index in [-0.39, 0.29) is 5.91 Å². The summed E-state index contributed by atoms with van der Waals surface area (Å²) in [7, 11) is 3.18. The van der Waals surface area contributed by atoms with Gasteiger partial charge in [-0.25, -0.2) is 0 Å². The minimum Gasteiger partial charge on any atom is -0.493 e. The summed E-state index contributed by atoms with van der Waals surface area (Å²) in [5.41, 5.74) is 5.09. The Morgan fingerprint density at radius 1 is 0.871 bits per heavy atom. The molecule has 0 N–H and O–H groups in total. The fraction of sp³-hybridized carbons (Fsp3) is 0.115. The van der Waals surface area contributed by atoms with Crippen molar-refractivity contribution < 1.29 is 14.3 Å². The molecular weight excluding hydrogens is 410 g/mol. The zero-order valence-electron chi connectivity index (χ0n) is 17.6. The van der Waals surface area contributed by atoms with Crippen molar-refractivity contribution in [1.82, 2.24) is 0 Å². The van der Waals surface area contributed by atoms with Crippen LogP contribution in [0, 0.1) is 6.92 Å². The van der Waals surface area contributed by atoms with E-state index in [1.807, 2.05) is 85.8 Å². The monoisotopic (exact) mass is 431 g/mol. The first kappa shape index (κ1) is 20.8. The van der Waals surface area contributed by atoms with E-state index in [1.54, 1.807) is 19.1 Å². The highest BCUT2D eigenvalue weighted by Crippen LogP contribution is 2.36. The molecule has 3 aromatic rings.